The van der Waals surface area contributed by atoms with Crippen LogP contribution in [0.1, 0.15) is 42.3 Å². The lowest BCUT2D eigenvalue weighted by molar-refractivity contribution is 0.0921. The molecule has 3 aromatic carbocycles. The molecule has 0 unspecified atom stereocenters. The molecule has 0 atom stereocenters. The fourth-order valence-corrected chi connectivity index (χ4v) is 2.87. The van der Waals surface area contributed by atoms with Crippen molar-refractivity contribution in [3.8, 4) is 22.9 Å². The van der Waals surface area contributed by atoms with E-state index in [0.717, 1.165) is 11.1 Å². The predicted octanol–water partition coefficient (Wildman–Crippen LogP) is 5.78. The number of ether oxygens (including phenoxy) is 1. The molecule has 0 spiro atoms. The molecule has 3 aromatic rings. The highest BCUT2D eigenvalue weighted by atomic mass is 16.5. The van der Waals surface area contributed by atoms with E-state index in [9.17, 15) is 4.79 Å². The SMILES string of the molecule is CC(C)(C)c1ccc(C(=O)COc2ccc(-c3ccc(C#N)cc3)cc2)cc1. The van der Waals surface area contributed by atoms with Crippen molar-refractivity contribution < 1.29 is 9.53 Å². The van der Waals surface area contributed by atoms with Gasteiger partial charge in [-0.05, 0) is 46.4 Å². The standard InChI is InChI=1S/C25H23NO2/c1-25(2,3)22-12-8-21(9-13-22)24(27)17-28-23-14-10-20(11-15-23)19-6-4-18(16-26)5-7-19/h4-15H,17H2,1-3H3. The third kappa shape index (κ3) is 4.66. The summed E-state index contributed by atoms with van der Waals surface area (Å²) in [5, 5.41) is 8.88. The molecule has 3 rings (SSSR count). The lowest BCUT2D eigenvalue weighted by atomic mass is 9.86. The Balaban J connectivity index is 1.61. The number of Topliss-reactive ketones (excluding diaryl/α,β-unsaturated/α-hetero) is 1. The molecule has 3 heteroatoms. The normalized spacial score (nSPS) is 10.9. The van der Waals surface area contributed by atoms with Gasteiger partial charge in [0.2, 0.25) is 0 Å². The van der Waals surface area contributed by atoms with E-state index in [2.05, 4.69) is 26.8 Å². The molecule has 140 valence electrons. The van der Waals surface area contributed by atoms with E-state index in [1.54, 1.807) is 12.1 Å². The Morgan fingerprint density at radius 1 is 0.857 bits per heavy atom. The maximum Gasteiger partial charge on any atom is 0.200 e. The first kappa shape index (κ1) is 19.4. The summed E-state index contributed by atoms with van der Waals surface area (Å²) in [6.07, 6.45) is 0. The third-order valence-electron chi connectivity index (χ3n) is 4.64. The van der Waals surface area contributed by atoms with Crippen LogP contribution in [0.2, 0.25) is 0 Å². The van der Waals surface area contributed by atoms with Crippen molar-refractivity contribution in [3.63, 3.8) is 0 Å². The van der Waals surface area contributed by atoms with Gasteiger partial charge in [-0.3, -0.25) is 4.79 Å². The lowest BCUT2D eigenvalue weighted by Gasteiger charge is -2.19. The summed E-state index contributed by atoms with van der Waals surface area (Å²) in [6, 6.07) is 24.8. The first-order valence-electron chi connectivity index (χ1n) is 9.24. The highest BCUT2D eigenvalue weighted by molar-refractivity contribution is 5.97. The van der Waals surface area contributed by atoms with Crippen LogP contribution < -0.4 is 4.74 Å². The average molecular weight is 369 g/mol. The maximum absolute atomic E-state index is 12.4. The molecule has 0 radical (unpaired) electrons. The zero-order valence-corrected chi connectivity index (χ0v) is 16.4. The zero-order valence-electron chi connectivity index (χ0n) is 16.4. The van der Waals surface area contributed by atoms with Crippen molar-refractivity contribution in [1.29, 1.82) is 5.26 Å². The van der Waals surface area contributed by atoms with Gasteiger partial charge in [0.25, 0.3) is 0 Å². The van der Waals surface area contributed by atoms with Gasteiger partial charge in [0, 0.05) is 5.56 Å². The van der Waals surface area contributed by atoms with Gasteiger partial charge in [-0.25, -0.2) is 0 Å². The molecule has 0 N–H and O–H groups in total. The Kier molecular flexibility index (Phi) is 5.61. The molecule has 0 aliphatic heterocycles. The summed E-state index contributed by atoms with van der Waals surface area (Å²) < 4.78 is 5.65. The number of hydrogen-bond acceptors (Lipinski definition) is 3. The van der Waals surface area contributed by atoms with Crippen LogP contribution in [0.5, 0.6) is 5.75 Å². The molecule has 3 nitrogen and oxygen atoms in total. The molecule has 0 amide bonds. The van der Waals surface area contributed by atoms with Crippen molar-refractivity contribution in [2.24, 2.45) is 0 Å². The molecule has 0 saturated carbocycles. The number of carbonyl (C=O) groups excluding carboxylic acids is 1. The summed E-state index contributed by atoms with van der Waals surface area (Å²) >= 11 is 0. The Morgan fingerprint density at radius 3 is 1.89 bits per heavy atom. The minimum atomic E-state index is -0.0448. The highest BCUT2D eigenvalue weighted by Gasteiger charge is 2.14. The second kappa shape index (κ2) is 8.10. The largest absolute Gasteiger partial charge is 0.485 e. The Hall–Kier alpha value is -3.38. The van der Waals surface area contributed by atoms with Crippen LogP contribution in [0.15, 0.2) is 72.8 Å². The second-order valence-corrected chi connectivity index (χ2v) is 7.75. The van der Waals surface area contributed by atoms with Crippen molar-refractivity contribution in [1.82, 2.24) is 0 Å². The van der Waals surface area contributed by atoms with E-state index in [4.69, 9.17) is 10.00 Å². The molecule has 0 bridgehead atoms. The summed E-state index contributed by atoms with van der Waals surface area (Å²) in [4.78, 5) is 12.4. The maximum atomic E-state index is 12.4. The quantitative estimate of drug-likeness (QED) is 0.535. The summed E-state index contributed by atoms with van der Waals surface area (Å²) in [5.74, 6) is 0.605. The second-order valence-electron chi connectivity index (χ2n) is 7.75. The third-order valence-corrected chi connectivity index (χ3v) is 4.64. The van der Waals surface area contributed by atoms with Crippen LogP contribution in [0, 0.1) is 11.3 Å². The molecule has 0 saturated heterocycles. The highest BCUT2D eigenvalue weighted by Crippen LogP contribution is 2.24. The van der Waals surface area contributed by atoms with Crippen molar-refractivity contribution in [3.05, 3.63) is 89.5 Å². The Bertz CT molecular complexity index is 987. The molecular weight excluding hydrogens is 346 g/mol. The van der Waals surface area contributed by atoms with E-state index in [1.807, 2.05) is 60.7 Å². The van der Waals surface area contributed by atoms with E-state index in [-0.39, 0.29) is 17.8 Å². The number of nitriles is 1. The molecule has 0 heterocycles. The monoisotopic (exact) mass is 369 g/mol. The Labute approximate surface area is 166 Å². The van der Waals surface area contributed by atoms with Gasteiger partial charge in [-0.15, -0.1) is 0 Å². The summed E-state index contributed by atoms with van der Waals surface area (Å²) in [5.41, 5.74) is 4.61. The summed E-state index contributed by atoms with van der Waals surface area (Å²) in [6.45, 7) is 6.45. The predicted molar refractivity (Wildman–Crippen MR) is 112 cm³/mol. The molecule has 0 aliphatic rings. The van der Waals surface area contributed by atoms with Gasteiger partial charge in [0.15, 0.2) is 12.4 Å². The molecule has 0 aliphatic carbocycles. The van der Waals surface area contributed by atoms with Crippen LogP contribution in [0.25, 0.3) is 11.1 Å². The van der Waals surface area contributed by atoms with E-state index >= 15 is 0 Å². The number of nitrogens with zero attached hydrogens (tertiary/aromatic N) is 1. The topological polar surface area (TPSA) is 50.1 Å². The lowest BCUT2D eigenvalue weighted by Crippen LogP contribution is -2.14. The minimum Gasteiger partial charge on any atom is -0.485 e. The molecule has 0 aromatic heterocycles. The first-order valence-corrected chi connectivity index (χ1v) is 9.24. The van der Waals surface area contributed by atoms with Crippen molar-refractivity contribution in [2.45, 2.75) is 26.2 Å². The van der Waals surface area contributed by atoms with Crippen LogP contribution in [0.3, 0.4) is 0 Å². The van der Waals surface area contributed by atoms with Crippen molar-refractivity contribution >= 4 is 5.78 Å². The fraction of sp³-hybridized carbons (Fsp3) is 0.200. The number of carbonyl (C=O) groups is 1. The van der Waals surface area contributed by atoms with Crippen LogP contribution in [-0.2, 0) is 5.41 Å². The van der Waals surface area contributed by atoms with E-state index < -0.39 is 0 Å². The number of rotatable bonds is 5. The number of benzene rings is 3. The van der Waals surface area contributed by atoms with Crippen LogP contribution >= 0.6 is 0 Å². The average Bonchev–Trinajstić information content (AvgIpc) is 2.72. The molecule has 28 heavy (non-hydrogen) atoms. The van der Waals surface area contributed by atoms with Gasteiger partial charge in [-0.2, -0.15) is 5.26 Å². The van der Waals surface area contributed by atoms with Gasteiger partial charge in [0.05, 0.1) is 11.6 Å². The van der Waals surface area contributed by atoms with E-state index in [0.29, 0.717) is 16.9 Å². The first-order chi connectivity index (χ1) is 13.4. The van der Waals surface area contributed by atoms with Crippen molar-refractivity contribution in [2.75, 3.05) is 6.61 Å². The van der Waals surface area contributed by atoms with Crippen LogP contribution in [0.4, 0.5) is 0 Å². The smallest absolute Gasteiger partial charge is 0.200 e. The van der Waals surface area contributed by atoms with Gasteiger partial charge >= 0.3 is 0 Å². The number of ketones is 1. The number of hydrogen-bond donors (Lipinski definition) is 0. The molecular formula is C25H23NO2. The summed E-state index contributed by atoms with van der Waals surface area (Å²) in [7, 11) is 0. The fourth-order valence-electron chi connectivity index (χ4n) is 2.87. The van der Waals surface area contributed by atoms with Gasteiger partial charge in [-0.1, -0.05) is 69.3 Å². The Morgan fingerprint density at radius 2 is 1.39 bits per heavy atom. The van der Waals surface area contributed by atoms with Crippen LogP contribution in [-0.4, -0.2) is 12.4 Å². The minimum absolute atomic E-state index is 0.00504. The van der Waals surface area contributed by atoms with E-state index in [1.165, 1.54) is 5.56 Å². The molecule has 0 fully saturated rings. The zero-order chi connectivity index (χ0) is 20.1. The van der Waals surface area contributed by atoms with Gasteiger partial charge in [0.1, 0.15) is 5.75 Å². The van der Waals surface area contributed by atoms with Gasteiger partial charge < -0.3 is 4.74 Å².